The van der Waals surface area contributed by atoms with E-state index in [9.17, 15) is 13.2 Å². The first kappa shape index (κ1) is 15.3. The summed E-state index contributed by atoms with van der Waals surface area (Å²) in [5.74, 6) is 0. The Balaban J connectivity index is 2.21. The van der Waals surface area contributed by atoms with Crippen LogP contribution in [0.15, 0.2) is 60.7 Å². The van der Waals surface area contributed by atoms with Gasteiger partial charge in [-0.3, -0.25) is 0 Å². The summed E-state index contributed by atoms with van der Waals surface area (Å²) in [5, 5.41) is 9.10. The minimum absolute atomic E-state index is 0.106. The number of halogens is 3. The van der Waals surface area contributed by atoms with Gasteiger partial charge in [0.15, 0.2) is 0 Å². The lowest BCUT2D eigenvalue weighted by Crippen LogP contribution is -2.04. The quantitative estimate of drug-likeness (QED) is 0.889. The normalized spacial score (nSPS) is 12.5. The smallest absolute Gasteiger partial charge is 0.392 e. The SMILES string of the molecule is OC/C=C(\Cc1ccc(C(F)(F)F)cc1)c1ccccc1. The second kappa shape index (κ2) is 6.59. The third kappa shape index (κ3) is 4.20. The number of rotatable bonds is 4. The van der Waals surface area contributed by atoms with Crippen LogP contribution in [0.1, 0.15) is 16.7 Å². The zero-order chi connectivity index (χ0) is 15.3. The molecule has 2 aromatic carbocycles. The summed E-state index contributed by atoms with van der Waals surface area (Å²) in [6.07, 6.45) is -2.17. The van der Waals surface area contributed by atoms with E-state index in [0.717, 1.165) is 28.8 Å². The van der Waals surface area contributed by atoms with Gasteiger partial charge in [-0.15, -0.1) is 0 Å². The van der Waals surface area contributed by atoms with Gasteiger partial charge in [0.05, 0.1) is 12.2 Å². The maximum Gasteiger partial charge on any atom is 0.416 e. The fraction of sp³-hybridized carbons (Fsp3) is 0.176. The van der Waals surface area contributed by atoms with E-state index in [1.807, 2.05) is 30.3 Å². The average molecular weight is 292 g/mol. The third-order valence-corrected chi connectivity index (χ3v) is 3.16. The zero-order valence-electron chi connectivity index (χ0n) is 11.3. The number of hydrogen-bond acceptors (Lipinski definition) is 1. The molecule has 1 nitrogen and oxygen atoms in total. The molecule has 0 bridgehead atoms. The number of aliphatic hydroxyl groups is 1. The molecule has 0 fully saturated rings. The summed E-state index contributed by atoms with van der Waals surface area (Å²) >= 11 is 0. The monoisotopic (exact) mass is 292 g/mol. The van der Waals surface area contributed by atoms with Crippen molar-refractivity contribution in [3.8, 4) is 0 Å². The highest BCUT2D eigenvalue weighted by Crippen LogP contribution is 2.29. The summed E-state index contributed by atoms with van der Waals surface area (Å²) in [6.45, 7) is -0.106. The molecule has 110 valence electrons. The van der Waals surface area contributed by atoms with Crippen LogP contribution in [0.4, 0.5) is 13.2 Å². The maximum atomic E-state index is 12.5. The topological polar surface area (TPSA) is 20.2 Å². The Kier molecular flexibility index (Phi) is 4.81. The lowest BCUT2D eigenvalue weighted by atomic mass is 9.97. The Labute approximate surface area is 121 Å². The van der Waals surface area contributed by atoms with Gasteiger partial charge in [0.1, 0.15) is 0 Å². The predicted octanol–water partition coefficient (Wildman–Crippen LogP) is 4.32. The number of aliphatic hydroxyl groups excluding tert-OH is 1. The molecule has 0 saturated carbocycles. The van der Waals surface area contributed by atoms with Gasteiger partial charge in [0.25, 0.3) is 0 Å². The van der Waals surface area contributed by atoms with Crippen LogP contribution in [0, 0.1) is 0 Å². The van der Waals surface area contributed by atoms with Crippen molar-refractivity contribution in [1.82, 2.24) is 0 Å². The molecule has 0 amide bonds. The Hall–Kier alpha value is -2.07. The van der Waals surface area contributed by atoms with Crippen molar-refractivity contribution in [2.75, 3.05) is 6.61 Å². The van der Waals surface area contributed by atoms with Crippen LogP contribution in [0.3, 0.4) is 0 Å². The Bertz CT molecular complexity index is 598. The minimum atomic E-state index is -4.32. The molecule has 0 atom stereocenters. The van der Waals surface area contributed by atoms with Gasteiger partial charge in [-0.05, 0) is 35.3 Å². The van der Waals surface area contributed by atoms with E-state index >= 15 is 0 Å². The molecular weight excluding hydrogens is 277 g/mol. The van der Waals surface area contributed by atoms with E-state index in [2.05, 4.69) is 0 Å². The van der Waals surface area contributed by atoms with E-state index in [-0.39, 0.29) is 6.61 Å². The molecule has 0 unspecified atom stereocenters. The van der Waals surface area contributed by atoms with Crippen molar-refractivity contribution in [2.45, 2.75) is 12.6 Å². The second-order valence-electron chi connectivity index (χ2n) is 4.65. The summed E-state index contributed by atoms with van der Waals surface area (Å²) in [6, 6.07) is 14.6. The first-order valence-electron chi connectivity index (χ1n) is 6.52. The molecule has 21 heavy (non-hydrogen) atoms. The van der Waals surface area contributed by atoms with Crippen molar-refractivity contribution in [1.29, 1.82) is 0 Å². The van der Waals surface area contributed by atoms with Crippen molar-refractivity contribution in [3.63, 3.8) is 0 Å². The molecule has 2 rings (SSSR count). The molecule has 0 aromatic heterocycles. The minimum Gasteiger partial charge on any atom is -0.392 e. The van der Waals surface area contributed by atoms with Crippen LogP contribution in [0.5, 0.6) is 0 Å². The highest BCUT2D eigenvalue weighted by Gasteiger charge is 2.29. The van der Waals surface area contributed by atoms with Gasteiger partial charge < -0.3 is 5.11 Å². The van der Waals surface area contributed by atoms with Crippen LogP contribution in [-0.4, -0.2) is 11.7 Å². The number of alkyl halides is 3. The van der Waals surface area contributed by atoms with Crippen molar-refractivity contribution >= 4 is 5.57 Å². The predicted molar refractivity (Wildman–Crippen MR) is 76.7 cm³/mol. The molecule has 0 saturated heterocycles. The maximum absolute atomic E-state index is 12.5. The van der Waals surface area contributed by atoms with Crippen LogP contribution in [-0.2, 0) is 12.6 Å². The third-order valence-electron chi connectivity index (χ3n) is 3.16. The standard InChI is InChI=1S/C17H15F3O/c18-17(19,20)16-8-6-13(7-9-16)12-15(10-11-21)14-4-2-1-3-5-14/h1-10,21H,11-12H2/b15-10+. The molecule has 2 aromatic rings. The summed E-state index contributed by atoms with van der Waals surface area (Å²) < 4.78 is 37.6. The molecule has 0 radical (unpaired) electrons. The Morgan fingerprint density at radius 1 is 0.952 bits per heavy atom. The highest BCUT2D eigenvalue weighted by molar-refractivity contribution is 5.67. The molecular formula is C17H15F3O. The molecule has 0 aliphatic carbocycles. The number of hydrogen-bond donors (Lipinski definition) is 1. The second-order valence-corrected chi connectivity index (χ2v) is 4.65. The van der Waals surface area contributed by atoms with Gasteiger partial charge in [0.2, 0.25) is 0 Å². The van der Waals surface area contributed by atoms with Crippen LogP contribution < -0.4 is 0 Å². The summed E-state index contributed by atoms with van der Waals surface area (Å²) in [7, 11) is 0. The fourth-order valence-electron chi connectivity index (χ4n) is 2.09. The van der Waals surface area contributed by atoms with E-state index in [1.54, 1.807) is 6.08 Å². The molecule has 0 aliphatic rings. The van der Waals surface area contributed by atoms with E-state index in [4.69, 9.17) is 5.11 Å². The average Bonchev–Trinajstić information content (AvgIpc) is 2.47. The molecule has 0 spiro atoms. The lowest BCUT2D eigenvalue weighted by molar-refractivity contribution is -0.137. The summed E-state index contributed by atoms with van der Waals surface area (Å²) in [4.78, 5) is 0. The lowest BCUT2D eigenvalue weighted by Gasteiger charge is -2.10. The van der Waals surface area contributed by atoms with E-state index in [1.165, 1.54) is 12.1 Å². The van der Waals surface area contributed by atoms with Crippen molar-refractivity contribution in [2.24, 2.45) is 0 Å². The fourth-order valence-corrected chi connectivity index (χ4v) is 2.09. The van der Waals surface area contributed by atoms with Crippen LogP contribution >= 0.6 is 0 Å². The van der Waals surface area contributed by atoms with Gasteiger partial charge in [0, 0.05) is 0 Å². The van der Waals surface area contributed by atoms with Gasteiger partial charge in [-0.1, -0.05) is 48.5 Å². The molecule has 0 aliphatic heterocycles. The van der Waals surface area contributed by atoms with Crippen molar-refractivity contribution in [3.05, 3.63) is 77.4 Å². The molecule has 1 N–H and O–H groups in total. The first-order chi connectivity index (χ1) is 10.0. The molecule has 0 heterocycles. The van der Waals surface area contributed by atoms with Crippen molar-refractivity contribution < 1.29 is 18.3 Å². The first-order valence-corrected chi connectivity index (χ1v) is 6.52. The van der Waals surface area contributed by atoms with E-state index in [0.29, 0.717) is 6.42 Å². The van der Waals surface area contributed by atoms with Gasteiger partial charge in [-0.2, -0.15) is 13.2 Å². The van der Waals surface area contributed by atoms with Gasteiger partial charge in [-0.25, -0.2) is 0 Å². The summed E-state index contributed by atoms with van der Waals surface area (Å²) in [5.41, 5.74) is 1.95. The Morgan fingerprint density at radius 2 is 1.57 bits per heavy atom. The highest BCUT2D eigenvalue weighted by atomic mass is 19.4. The Morgan fingerprint density at radius 3 is 2.10 bits per heavy atom. The largest absolute Gasteiger partial charge is 0.416 e. The van der Waals surface area contributed by atoms with Gasteiger partial charge >= 0.3 is 6.18 Å². The van der Waals surface area contributed by atoms with Crippen LogP contribution in [0.25, 0.3) is 5.57 Å². The number of allylic oxidation sites excluding steroid dienone is 1. The number of benzene rings is 2. The zero-order valence-corrected chi connectivity index (χ0v) is 11.3. The van der Waals surface area contributed by atoms with E-state index < -0.39 is 11.7 Å². The van der Waals surface area contributed by atoms with Crippen LogP contribution in [0.2, 0.25) is 0 Å². The molecule has 4 heteroatoms.